The molecule has 4 aromatic heterocycles. The van der Waals surface area contributed by atoms with E-state index >= 15 is 0 Å². The van der Waals surface area contributed by atoms with Crippen LogP contribution in [0.25, 0.3) is 22.3 Å². The maximum Gasteiger partial charge on any atom is 0.472 e. The van der Waals surface area contributed by atoms with Crippen molar-refractivity contribution >= 4 is 60.8 Å². The van der Waals surface area contributed by atoms with Gasteiger partial charge in [-0.25, -0.2) is 39.0 Å². The van der Waals surface area contributed by atoms with Crippen LogP contribution in [0.3, 0.4) is 0 Å². The average Bonchev–Trinajstić information content (AvgIpc) is 3.73. The van der Waals surface area contributed by atoms with E-state index in [1.807, 2.05) is 0 Å². The van der Waals surface area contributed by atoms with Gasteiger partial charge in [0.05, 0.1) is 31.9 Å². The molecule has 0 amide bonds. The van der Waals surface area contributed by atoms with Crippen LogP contribution in [0.15, 0.2) is 25.3 Å². The first-order valence-corrected chi connectivity index (χ1v) is 18.1. The summed E-state index contributed by atoms with van der Waals surface area (Å²) in [5.41, 5.74) is 11.6. The fraction of sp³-hybridized carbons (Fsp3) is 0.565. The van der Waals surface area contributed by atoms with Crippen LogP contribution < -0.4 is 11.5 Å². The SMILES string of the molecule is CC1C(n2cnc3c(N)ncnc32)C(O)C2OP(=O)(S)OCC3OC(n4cnc5c(N)ncnc54)C(OP(=O)(O)OCC12C)C3O. The highest BCUT2D eigenvalue weighted by molar-refractivity contribution is 8.44. The number of thiol groups is 1. The average molecular weight is 701 g/mol. The van der Waals surface area contributed by atoms with Gasteiger partial charge in [0, 0.05) is 5.41 Å². The van der Waals surface area contributed by atoms with Crippen LogP contribution in [0, 0.1) is 11.3 Å². The summed E-state index contributed by atoms with van der Waals surface area (Å²) in [4.78, 5) is 35.7. The van der Waals surface area contributed by atoms with Crippen molar-refractivity contribution in [1.29, 1.82) is 0 Å². The molecule has 4 aromatic rings. The van der Waals surface area contributed by atoms with E-state index in [-0.39, 0.29) is 22.8 Å². The van der Waals surface area contributed by atoms with Crippen molar-refractivity contribution < 1.29 is 47.1 Å². The summed E-state index contributed by atoms with van der Waals surface area (Å²) in [5.74, 6) is -0.416. The molecule has 20 nitrogen and oxygen atoms in total. The smallest absolute Gasteiger partial charge is 0.388 e. The molecular formula is C23H30N10O10P2S. The number of nitrogens with zero attached hydrogens (tertiary/aromatic N) is 8. The van der Waals surface area contributed by atoms with Gasteiger partial charge in [-0.15, -0.1) is 0 Å². The number of hydrogen-bond donors (Lipinski definition) is 6. The zero-order valence-electron chi connectivity index (χ0n) is 24.1. The molecule has 46 heavy (non-hydrogen) atoms. The quantitative estimate of drug-likeness (QED) is 0.123. The lowest BCUT2D eigenvalue weighted by molar-refractivity contribution is -0.0657. The first-order chi connectivity index (χ1) is 21.7. The first kappa shape index (κ1) is 31.8. The standard InChI is InChI=1S/C23H30N10O10P2S/c1-9-13(32-7-30-11-18(24)26-5-28-20(11)32)15(35)17-23(9,2)4-40-44(36,37)42-16-14(34)10(3-39-45(38,46)43-17)41-22(16)33-8-31-12-19(25)27-6-29-21(12)33/h5-10,13-17,22,34-35H,3-4H2,1-2H3,(H,36,37)(H,38,46)(H2,24,26,28)(H2,25,27,29). The highest BCUT2D eigenvalue weighted by Gasteiger charge is 2.61. The molecular weight excluding hydrogens is 670 g/mol. The number of ether oxygens (including phenoxy) is 1. The molecule has 11 atom stereocenters. The molecule has 3 fully saturated rings. The number of fused-ring (bicyclic) bond motifs is 5. The van der Waals surface area contributed by atoms with Crippen molar-refractivity contribution in [3.05, 3.63) is 25.3 Å². The van der Waals surface area contributed by atoms with Crippen molar-refractivity contribution in [1.82, 2.24) is 39.0 Å². The van der Waals surface area contributed by atoms with E-state index in [0.717, 1.165) is 0 Å². The monoisotopic (exact) mass is 700 g/mol. The molecule has 2 bridgehead atoms. The highest BCUT2D eigenvalue weighted by Crippen LogP contribution is 2.63. The maximum atomic E-state index is 13.7. The van der Waals surface area contributed by atoms with Gasteiger partial charge in [0.15, 0.2) is 29.2 Å². The summed E-state index contributed by atoms with van der Waals surface area (Å²) in [5, 5.41) is 22.8. The zero-order chi connectivity index (χ0) is 32.8. The number of imidazole rings is 2. The number of nitrogens with two attached hydrogens (primary N) is 2. The molecule has 6 heterocycles. The number of phosphoric acid groups is 1. The minimum Gasteiger partial charge on any atom is -0.388 e. The number of phosphoric ester groups is 1. The Morgan fingerprint density at radius 1 is 0.935 bits per heavy atom. The molecule has 1 saturated carbocycles. The lowest BCUT2D eigenvalue weighted by Gasteiger charge is -2.36. The topological polar surface area (TPSA) is 280 Å². The van der Waals surface area contributed by atoms with Crippen LogP contribution in [0.2, 0.25) is 0 Å². The minimum atomic E-state index is -4.99. The molecule has 7 rings (SSSR count). The Balaban J connectivity index is 1.25. The normalized spacial score (nSPS) is 40.4. The van der Waals surface area contributed by atoms with Crippen molar-refractivity contribution in [3.8, 4) is 0 Å². The van der Waals surface area contributed by atoms with E-state index < -0.39 is 82.0 Å². The van der Waals surface area contributed by atoms with Crippen LogP contribution in [0.1, 0.15) is 26.1 Å². The summed E-state index contributed by atoms with van der Waals surface area (Å²) < 4.78 is 58.6. The van der Waals surface area contributed by atoms with Gasteiger partial charge in [0.1, 0.15) is 54.2 Å². The van der Waals surface area contributed by atoms with Crippen molar-refractivity contribution in [2.45, 2.75) is 56.6 Å². The number of rotatable bonds is 2. The number of hydrogen-bond acceptors (Lipinski definition) is 17. The predicted octanol–water partition coefficient (Wildman–Crippen LogP) is 0.602. The van der Waals surface area contributed by atoms with E-state index in [0.29, 0.717) is 11.2 Å². The largest absolute Gasteiger partial charge is 0.472 e. The number of aliphatic hydroxyl groups is 2. The van der Waals surface area contributed by atoms with E-state index in [9.17, 15) is 24.2 Å². The Bertz CT molecular complexity index is 1920. The summed E-state index contributed by atoms with van der Waals surface area (Å²) in [6, 6.07) is -0.826. The van der Waals surface area contributed by atoms with Crippen LogP contribution in [-0.2, 0) is 32.0 Å². The Morgan fingerprint density at radius 2 is 1.54 bits per heavy atom. The summed E-state index contributed by atoms with van der Waals surface area (Å²) in [6.07, 6.45) is -3.29. The van der Waals surface area contributed by atoms with Crippen molar-refractivity contribution in [2.75, 3.05) is 24.7 Å². The summed E-state index contributed by atoms with van der Waals surface area (Å²) >= 11 is 4.16. The van der Waals surface area contributed by atoms with E-state index in [1.54, 1.807) is 18.4 Å². The van der Waals surface area contributed by atoms with Gasteiger partial charge in [-0.1, -0.05) is 26.1 Å². The molecule has 2 aliphatic heterocycles. The molecule has 0 aromatic carbocycles. The molecule has 0 spiro atoms. The molecule has 7 N–H and O–H groups in total. The zero-order valence-corrected chi connectivity index (χ0v) is 26.8. The van der Waals surface area contributed by atoms with Gasteiger partial charge in [-0.2, -0.15) is 0 Å². The Morgan fingerprint density at radius 3 is 2.20 bits per heavy atom. The maximum absolute atomic E-state index is 13.7. The van der Waals surface area contributed by atoms with Crippen LogP contribution in [-0.4, -0.2) is 97.9 Å². The van der Waals surface area contributed by atoms with Crippen molar-refractivity contribution in [3.63, 3.8) is 0 Å². The number of aromatic nitrogens is 8. The van der Waals surface area contributed by atoms with Gasteiger partial charge in [0.25, 0.3) is 0 Å². The molecule has 0 radical (unpaired) electrons. The summed E-state index contributed by atoms with van der Waals surface area (Å²) in [6.45, 7) is -2.05. The van der Waals surface area contributed by atoms with E-state index in [2.05, 4.69) is 42.2 Å². The van der Waals surface area contributed by atoms with Crippen LogP contribution >= 0.6 is 26.9 Å². The molecule has 23 heteroatoms. The van der Waals surface area contributed by atoms with Crippen LogP contribution in [0.5, 0.6) is 0 Å². The highest BCUT2D eigenvalue weighted by atomic mass is 32.7. The minimum absolute atomic E-state index is 0.0692. The first-order valence-electron chi connectivity index (χ1n) is 13.9. The Labute approximate surface area is 264 Å². The lowest BCUT2D eigenvalue weighted by Crippen LogP contribution is -2.41. The second kappa shape index (κ2) is 11.1. The molecule has 1 aliphatic carbocycles. The molecule has 3 aliphatic rings. The Hall–Kier alpha value is -2.81. The third-order valence-corrected chi connectivity index (χ3v) is 11.6. The van der Waals surface area contributed by atoms with Gasteiger partial charge in [-0.05, 0) is 5.92 Å². The van der Waals surface area contributed by atoms with Gasteiger partial charge in [0.2, 0.25) is 0 Å². The third kappa shape index (κ3) is 5.10. The third-order valence-electron chi connectivity index (χ3n) is 8.99. The molecule has 11 unspecified atom stereocenters. The molecule has 248 valence electrons. The number of nitrogen functional groups attached to an aromatic ring is 2. The van der Waals surface area contributed by atoms with E-state index in [1.165, 1.54) is 29.9 Å². The fourth-order valence-corrected chi connectivity index (χ4v) is 8.99. The van der Waals surface area contributed by atoms with Gasteiger partial charge in [-0.3, -0.25) is 22.7 Å². The number of aliphatic hydroxyl groups excluding tert-OH is 2. The van der Waals surface area contributed by atoms with Gasteiger partial charge < -0.3 is 35.9 Å². The lowest BCUT2D eigenvalue weighted by atomic mass is 9.79. The van der Waals surface area contributed by atoms with E-state index in [4.69, 9.17) is 34.3 Å². The van der Waals surface area contributed by atoms with Crippen molar-refractivity contribution in [2.24, 2.45) is 11.3 Å². The Kier molecular flexibility index (Phi) is 7.69. The number of anilines is 2. The second-order valence-corrected chi connectivity index (χ2v) is 15.9. The predicted molar refractivity (Wildman–Crippen MR) is 160 cm³/mol. The molecule has 2 saturated heterocycles. The van der Waals surface area contributed by atoms with Crippen LogP contribution in [0.4, 0.5) is 11.6 Å². The second-order valence-electron chi connectivity index (χ2n) is 11.6. The summed E-state index contributed by atoms with van der Waals surface area (Å²) in [7, 11) is -4.99. The van der Waals surface area contributed by atoms with Gasteiger partial charge >= 0.3 is 14.6 Å². The fourth-order valence-electron chi connectivity index (χ4n) is 6.40.